The number of carbonyl (C=O) groups is 1. The van der Waals surface area contributed by atoms with E-state index in [1.807, 2.05) is 5.18 Å². The Morgan fingerprint density at radius 2 is 2.33 bits per heavy atom. The van der Waals surface area contributed by atoms with Gasteiger partial charge in [0, 0.05) is 16.0 Å². The molecule has 0 aliphatic heterocycles. The fourth-order valence-electron chi connectivity index (χ4n) is 0.0167. The first-order valence-corrected chi connectivity index (χ1v) is 2.87. The third-order valence-corrected chi connectivity index (χ3v) is 0.852. The molecule has 0 fully saturated rings. The van der Waals surface area contributed by atoms with E-state index in [1.165, 1.54) is 0 Å². The van der Waals surface area contributed by atoms with Crippen LogP contribution in [0.5, 0.6) is 0 Å². The first-order chi connectivity index (χ1) is 2.81. The lowest BCUT2D eigenvalue weighted by Gasteiger charge is -1.68. The number of nitroso groups, excluding NO2 is 1. The van der Waals surface area contributed by atoms with Crippen LogP contribution in [0.3, 0.4) is 0 Å². The zero-order valence-corrected chi connectivity index (χ0v) is 4.33. The fraction of sp³-hybridized carbons (Fsp3) is 0. The zero-order chi connectivity index (χ0) is 4.99. The second-order valence-corrected chi connectivity index (χ2v) is 1.53. The topological polar surface area (TPSA) is 46.5 Å². The molecule has 0 spiro atoms. The van der Waals surface area contributed by atoms with Crippen LogP contribution in [0, 0.1) is 4.91 Å². The number of rotatable bonds is 0. The predicted octanol–water partition coefficient (Wildman–Crippen LogP) is 1.45. The van der Waals surface area contributed by atoms with Crippen molar-refractivity contribution in [3.8, 4) is 0 Å². The van der Waals surface area contributed by atoms with Gasteiger partial charge in [0.05, 0.1) is 0 Å². The third-order valence-electron chi connectivity index (χ3n) is 0.153. The van der Waals surface area contributed by atoms with E-state index in [0.717, 1.165) is 0 Å². The summed E-state index contributed by atoms with van der Waals surface area (Å²) in [6, 6.07) is 0. The van der Waals surface area contributed by atoms with Crippen molar-refractivity contribution in [1.82, 2.24) is 0 Å². The third kappa shape index (κ3) is 2.22. The molecule has 0 aromatic rings. The normalized spacial score (nSPS) is 7.50. The molecule has 1 amide bonds. The number of thiol groups is 1. The van der Waals surface area contributed by atoms with Crippen molar-refractivity contribution in [3.05, 3.63) is 4.91 Å². The molecule has 0 unspecified atom stereocenters. The van der Waals surface area contributed by atoms with Gasteiger partial charge in [0.25, 0.3) is 0 Å². The van der Waals surface area contributed by atoms with Crippen molar-refractivity contribution in [2.75, 3.05) is 0 Å². The Morgan fingerprint density at radius 1 is 1.83 bits per heavy atom. The van der Waals surface area contributed by atoms with Crippen LogP contribution in [0.4, 0.5) is 4.79 Å². The molecule has 0 radical (unpaired) electrons. The van der Waals surface area contributed by atoms with E-state index < -0.39 is 5.24 Å². The molecule has 0 aliphatic carbocycles. The van der Waals surface area contributed by atoms with Crippen molar-refractivity contribution in [2.24, 2.45) is 5.18 Å². The van der Waals surface area contributed by atoms with Crippen molar-refractivity contribution in [1.29, 1.82) is 0 Å². The van der Waals surface area contributed by atoms with Crippen molar-refractivity contribution in [3.63, 3.8) is 0 Å². The summed E-state index contributed by atoms with van der Waals surface area (Å²) in [6.45, 7) is 0. The van der Waals surface area contributed by atoms with Crippen molar-refractivity contribution >= 4 is 27.7 Å². The number of nitrogens with zero attached hydrogens (tertiary/aromatic N) is 1. The molecule has 0 saturated carbocycles. The molecular weight excluding hydrogens is 122 g/mol. The summed E-state index contributed by atoms with van der Waals surface area (Å²) in [7, 11) is 0.501. The Morgan fingerprint density at radius 3 is 2.33 bits per heavy atom. The monoisotopic (exact) mass is 123 g/mol. The largest absolute Gasteiger partial charge is 0.353 e. The minimum atomic E-state index is -0.807. The van der Waals surface area contributed by atoms with Crippen LogP contribution in [0.25, 0.3) is 0 Å². The Bertz CT molecular complexity index is 71.9. The summed E-state index contributed by atoms with van der Waals surface area (Å²) in [6.07, 6.45) is 0. The number of hydrogen-bond acceptors (Lipinski definition) is 4. The lowest BCUT2D eigenvalue weighted by atomic mass is 11.4. The molecule has 0 aromatic carbocycles. The molecule has 0 N–H and O–H groups in total. The van der Waals surface area contributed by atoms with E-state index in [-0.39, 0.29) is 0 Å². The van der Waals surface area contributed by atoms with Crippen molar-refractivity contribution in [2.45, 2.75) is 0 Å². The quantitative estimate of drug-likeness (QED) is 0.301. The Kier molecular flexibility index (Phi) is 3.16. The number of amides is 1. The van der Waals surface area contributed by atoms with E-state index in [2.05, 4.69) is 11.7 Å². The van der Waals surface area contributed by atoms with Gasteiger partial charge in [0.1, 0.15) is 0 Å². The Hall–Kier alpha value is -0.0300. The highest BCUT2D eigenvalue weighted by atomic mass is 33.1. The second-order valence-electron chi connectivity index (χ2n) is 0.448. The Balaban J connectivity index is 3.23. The average molecular weight is 123 g/mol. The summed E-state index contributed by atoms with van der Waals surface area (Å²) < 4.78 is 0. The molecule has 3 nitrogen and oxygen atoms in total. The maximum absolute atomic E-state index is 9.59. The number of hydrogen-bond donors (Lipinski definition) is 1. The van der Waals surface area contributed by atoms with Crippen LogP contribution in [-0.4, -0.2) is 5.24 Å². The van der Waals surface area contributed by atoms with Crippen molar-refractivity contribution < 1.29 is 4.79 Å². The molecule has 0 aromatic heterocycles. The lowest BCUT2D eigenvalue weighted by Crippen LogP contribution is -1.68. The van der Waals surface area contributed by atoms with Gasteiger partial charge in [0.15, 0.2) is 0 Å². The molecule has 6 heavy (non-hydrogen) atoms. The van der Waals surface area contributed by atoms with Gasteiger partial charge >= 0.3 is 5.24 Å². The molecule has 0 rings (SSSR count). The zero-order valence-electron chi connectivity index (χ0n) is 2.62. The van der Waals surface area contributed by atoms with Crippen LogP contribution < -0.4 is 0 Å². The van der Waals surface area contributed by atoms with Gasteiger partial charge in [-0.15, -0.1) is 16.6 Å². The first kappa shape index (κ1) is 5.97. The highest BCUT2D eigenvalue weighted by Crippen LogP contribution is 2.07. The SMILES string of the molecule is O=NC(=O)SS. The van der Waals surface area contributed by atoms with Gasteiger partial charge in [-0.2, -0.15) is 0 Å². The van der Waals surface area contributed by atoms with E-state index >= 15 is 0 Å². The van der Waals surface area contributed by atoms with Crippen LogP contribution in [0.1, 0.15) is 0 Å². The average Bonchev–Trinajstić information content (AvgIpc) is 1.65. The first-order valence-electron chi connectivity index (χ1n) is 0.997. The van der Waals surface area contributed by atoms with Gasteiger partial charge < -0.3 is 0 Å². The summed E-state index contributed by atoms with van der Waals surface area (Å²) >= 11 is 3.37. The second kappa shape index (κ2) is 3.17. The molecule has 0 bridgehead atoms. The fourth-order valence-corrected chi connectivity index (χ4v) is 0.150. The van der Waals surface area contributed by atoms with Crippen LogP contribution in [0.2, 0.25) is 0 Å². The maximum atomic E-state index is 9.59. The lowest BCUT2D eigenvalue weighted by molar-refractivity contribution is 0.267. The summed E-state index contributed by atoms with van der Waals surface area (Å²) in [4.78, 5) is 18.7. The minimum Gasteiger partial charge on any atom is -0.255 e. The standard InChI is InChI=1S/CHNO2S2/c3-1(2-4)6-5/h5H. The molecule has 0 heterocycles. The van der Waals surface area contributed by atoms with E-state index in [9.17, 15) is 4.79 Å². The van der Waals surface area contributed by atoms with Gasteiger partial charge in [-0.1, -0.05) is 0 Å². The van der Waals surface area contributed by atoms with E-state index in [0.29, 0.717) is 10.8 Å². The van der Waals surface area contributed by atoms with Gasteiger partial charge in [-0.25, -0.2) is 0 Å². The van der Waals surface area contributed by atoms with E-state index in [4.69, 9.17) is 4.91 Å². The van der Waals surface area contributed by atoms with Crippen LogP contribution >= 0.6 is 22.5 Å². The van der Waals surface area contributed by atoms with Gasteiger partial charge in [0.2, 0.25) is 0 Å². The predicted molar refractivity (Wildman–Crippen MR) is 27.8 cm³/mol. The molecule has 5 heteroatoms. The van der Waals surface area contributed by atoms with Crippen LogP contribution in [0.15, 0.2) is 5.18 Å². The molecule has 0 aliphatic rings. The number of carbonyl (C=O) groups excluding carboxylic acids is 1. The summed E-state index contributed by atoms with van der Waals surface area (Å²) in [5, 5.41) is 1.20. The maximum Gasteiger partial charge on any atom is 0.353 e. The Labute approximate surface area is 43.3 Å². The highest BCUT2D eigenvalue weighted by Gasteiger charge is 1.91. The molecule has 0 saturated heterocycles. The summed E-state index contributed by atoms with van der Waals surface area (Å²) in [5.41, 5.74) is 0. The molecular formula is CHNO2S2. The van der Waals surface area contributed by atoms with Gasteiger partial charge in [-0.05, 0) is 0 Å². The molecule has 34 valence electrons. The molecule has 0 atom stereocenters. The summed E-state index contributed by atoms with van der Waals surface area (Å²) in [5.74, 6) is 0. The van der Waals surface area contributed by atoms with Gasteiger partial charge in [-0.3, -0.25) is 4.79 Å². The van der Waals surface area contributed by atoms with Crippen LogP contribution in [-0.2, 0) is 0 Å². The smallest absolute Gasteiger partial charge is 0.255 e. The highest BCUT2D eigenvalue weighted by molar-refractivity contribution is 8.74. The van der Waals surface area contributed by atoms with E-state index in [1.54, 1.807) is 0 Å². The minimum absolute atomic E-state index is 0.501.